The van der Waals surface area contributed by atoms with Gasteiger partial charge >= 0.3 is 6.18 Å². The highest BCUT2D eigenvalue weighted by Gasteiger charge is 2.41. The maximum atomic E-state index is 13.8. The third-order valence-corrected chi connectivity index (χ3v) is 3.85. The van der Waals surface area contributed by atoms with E-state index in [-0.39, 0.29) is 12.2 Å². The summed E-state index contributed by atoms with van der Waals surface area (Å²) >= 11 is 0. The zero-order valence-corrected chi connectivity index (χ0v) is 16.4. The van der Waals surface area contributed by atoms with Crippen molar-refractivity contribution in [1.82, 2.24) is 20.0 Å². The molecule has 0 fully saturated rings. The van der Waals surface area contributed by atoms with E-state index < -0.39 is 34.8 Å². The van der Waals surface area contributed by atoms with Gasteiger partial charge < -0.3 is 10.2 Å². The largest absolute Gasteiger partial charge is 0.434 e. The van der Waals surface area contributed by atoms with Crippen molar-refractivity contribution in [2.75, 3.05) is 13.6 Å². The van der Waals surface area contributed by atoms with Crippen molar-refractivity contribution in [2.45, 2.75) is 39.4 Å². The molecule has 1 heterocycles. The zero-order valence-electron chi connectivity index (χ0n) is 16.4. The van der Waals surface area contributed by atoms with E-state index in [1.54, 1.807) is 45.9 Å². The van der Waals surface area contributed by atoms with E-state index in [0.717, 1.165) is 11.1 Å². The number of carbonyl (C=O) groups is 2. The molecule has 0 aliphatic rings. The molecule has 0 saturated carbocycles. The van der Waals surface area contributed by atoms with Crippen LogP contribution in [0.3, 0.4) is 0 Å². The predicted octanol–water partition coefficient (Wildman–Crippen LogP) is 3.19. The molecular formula is C19H23F3N4O2. The Morgan fingerprint density at radius 2 is 1.79 bits per heavy atom. The van der Waals surface area contributed by atoms with Gasteiger partial charge in [-0.25, -0.2) is 4.68 Å². The third-order valence-electron chi connectivity index (χ3n) is 3.85. The van der Waals surface area contributed by atoms with E-state index in [4.69, 9.17) is 0 Å². The first-order valence-corrected chi connectivity index (χ1v) is 8.59. The number of amides is 2. The molecule has 1 aromatic carbocycles. The molecule has 6 nitrogen and oxygen atoms in total. The highest BCUT2D eigenvalue weighted by atomic mass is 19.4. The quantitative estimate of drug-likeness (QED) is 0.863. The van der Waals surface area contributed by atoms with Gasteiger partial charge in [0.2, 0.25) is 5.91 Å². The summed E-state index contributed by atoms with van der Waals surface area (Å²) in [7, 11) is 1.27. The lowest BCUT2D eigenvalue weighted by Crippen LogP contribution is -2.46. The topological polar surface area (TPSA) is 67.2 Å². The molecule has 0 spiro atoms. The molecule has 0 aliphatic heterocycles. The lowest BCUT2D eigenvalue weighted by molar-refractivity contribution is -0.143. The summed E-state index contributed by atoms with van der Waals surface area (Å²) in [4.78, 5) is 25.6. The summed E-state index contributed by atoms with van der Waals surface area (Å²) in [6.45, 7) is 6.58. The molecule has 0 bridgehead atoms. The average Bonchev–Trinajstić information content (AvgIpc) is 2.97. The lowest BCUT2D eigenvalue weighted by atomic mass is 10.1. The number of nitrogens with zero attached hydrogens (tertiary/aromatic N) is 3. The highest BCUT2D eigenvalue weighted by Crippen LogP contribution is 2.34. The average molecular weight is 396 g/mol. The molecule has 2 rings (SSSR count). The second kappa shape index (κ2) is 7.65. The molecule has 1 N–H and O–H groups in total. The molecule has 0 radical (unpaired) electrons. The number of nitrogens with one attached hydrogen (secondary N) is 1. The van der Waals surface area contributed by atoms with E-state index >= 15 is 0 Å². The normalized spacial score (nSPS) is 12.0. The number of hydrogen-bond acceptors (Lipinski definition) is 3. The minimum absolute atomic E-state index is 0.224. The summed E-state index contributed by atoms with van der Waals surface area (Å²) in [6, 6.07) is 6.44. The summed E-state index contributed by atoms with van der Waals surface area (Å²) < 4.78 is 42.0. The van der Waals surface area contributed by atoms with Crippen LogP contribution in [0.2, 0.25) is 0 Å². The zero-order chi connectivity index (χ0) is 21.3. The van der Waals surface area contributed by atoms with Crippen LogP contribution in [-0.4, -0.2) is 45.6 Å². The minimum Gasteiger partial charge on any atom is -0.350 e. The van der Waals surface area contributed by atoms with Crippen LogP contribution in [0.4, 0.5) is 13.2 Å². The number of hydrogen-bond donors (Lipinski definition) is 1. The predicted molar refractivity (Wildman–Crippen MR) is 98.2 cm³/mol. The SMILES string of the molecule is Cc1ccccc1-n1ncc(C(=O)N(C)CC(=O)NC(C)(C)C)c1C(F)(F)F. The van der Waals surface area contributed by atoms with Crippen LogP contribution in [0.25, 0.3) is 5.69 Å². The minimum atomic E-state index is -4.81. The van der Waals surface area contributed by atoms with Crippen molar-refractivity contribution >= 4 is 11.8 Å². The van der Waals surface area contributed by atoms with Crippen LogP contribution < -0.4 is 5.32 Å². The maximum absolute atomic E-state index is 13.8. The smallest absolute Gasteiger partial charge is 0.350 e. The third kappa shape index (κ3) is 4.90. The number of para-hydroxylation sites is 1. The van der Waals surface area contributed by atoms with Gasteiger partial charge in [0.25, 0.3) is 5.91 Å². The van der Waals surface area contributed by atoms with Crippen molar-refractivity contribution in [3.63, 3.8) is 0 Å². The Balaban J connectivity index is 2.39. The maximum Gasteiger partial charge on any atom is 0.434 e. The number of likely N-dealkylation sites (N-methyl/N-ethyl adjacent to an activating group) is 1. The molecule has 0 saturated heterocycles. The standard InChI is InChI=1S/C19H23F3N4O2/c1-12-8-6-7-9-14(12)26-16(19(20,21)22)13(10-23-26)17(28)25(5)11-15(27)24-18(2,3)4/h6-10H,11H2,1-5H3,(H,24,27). The van der Waals surface area contributed by atoms with E-state index in [1.165, 1.54) is 13.1 Å². The molecular weight excluding hydrogens is 373 g/mol. The fourth-order valence-corrected chi connectivity index (χ4v) is 2.71. The number of aryl methyl sites for hydroxylation is 1. The monoisotopic (exact) mass is 396 g/mol. The van der Waals surface area contributed by atoms with Gasteiger partial charge in [0, 0.05) is 12.6 Å². The van der Waals surface area contributed by atoms with Gasteiger partial charge in [-0.15, -0.1) is 0 Å². The van der Waals surface area contributed by atoms with Crippen LogP contribution in [0, 0.1) is 6.92 Å². The molecule has 28 heavy (non-hydrogen) atoms. The van der Waals surface area contributed by atoms with Gasteiger partial charge in [0.15, 0.2) is 5.69 Å². The molecule has 152 valence electrons. The van der Waals surface area contributed by atoms with Gasteiger partial charge in [-0.1, -0.05) is 18.2 Å². The Morgan fingerprint density at radius 1 is 1.18 bits per heavy atom. The Bertz CT molecular complexity index is 882. The van der Waals surface area contributed by atoms with Crippen LogP contribution >= 0.6 is 0 Å². The number of rotatable bonds is 4. The van der Waals surface area contributed by atoms with E-state index in [1.807, 2.05) is 0 Å². The van der Waals surface area contributed by atoms with Crippen molar-refractivity contribution in [3.05, 3.63) is 47.3 Å². The summed E-state index contributed by atoms with van der Waals surface area (Å²) in [5.41, 5.74) is -1.50. The highest BCUT2D eigenvalue weighted by molar-refractivity contribution is 5.97. The van der Waals surface area contributed by atoms with Gasteiger partial charge in [0.1, 0.15) is 0 Å². The van der Waals surface area contributed by atoms with Crippen molar-refractivity contribution < 1.29 is 22.8 Å². The van der Waals surface area contributed by atoms with Gasteiger partial charge in [0.05, 0.1) is 24.0 Å². The summed E-state index contributed by atoms with van der Waals surface area (Å²) in [5.74, 6) is -1.40. The second-order valence-corrected chi connectivity index (χ2v) is 7.56. The van der Waals surface area contributed by atoms with Gasteiger partial charge in [-0.2, -0.15) is 18.3 Å². The number of halogens is 3. The van der Waals surface area contributed by atoms with E-state index in [0.29, 0.717) is 10.2 Å². The molecule has 9 heteroatoms. The number of alkyl halides is 3. The fourth-order valence-electron chi connectivity index (χ4n) is 2.71. The lowest BCUT2D eigenvalue weighted by Gasteiger charge is -2.23. The Kier molecular flexibility index (Phi) is 5.86. The van der Waals surface area contributed by atoms with Crippen LogP contribution in [-0.2, 0) is 11.0 Å². The molecule has 0 atom stereocenters. The molecule has 0 unspecified atom stereocenters. The van der Waals surface area contributed by atoms with Crippen molar-refractivity contribution in [1.29, 1.82) is 0 Å². The first-order chi connectivity index (χ1) is 12.8. The van der Waals surface area contributed by atoms with E-state index in [2.05, 4.69) is 10.4 Å². The first kappa shape index (κ1) is 21.5. The molecule has 2 amide bonds. The Morgan fingerprint density at radius 3 is 2.32 bits per heavy atom. The Hall–Kier alpha value is -2.84. The second-order valence-electron chi connectivity index (χ2n) is 7.56. The van der Waals surface area contributed by atoms with Crippen LogP contribution in [0.1, 0.15) is 42.4 Å². The summed E-state index contributed by atoms with van der Waals surface area (Å²) in [6.07, 6.45) is -3.92. The van der Waals surface area contributed by atoms with Crippen molar-refractivity contribution in [2.24, 2.45) is 0 Å². The molecule has 2 aromatic rings. The van der Waals surface area contributed by atoms with Crippen LogP contribution in [0.15, 0.2) is 30.5 Å². The van der Waals surface area contributed by atoms with Crippen molar-refractivity contribution in [3.8, 4) is 5.69 Å². The fraction of sp³-hybridized carbons (Fsp3) is 0.421. The first-order valence-electron chi connectivity index (χ1n) is 8.59. The van der Waals surface area contributed by atoms with Crippen LogP contribution in [0.5, 0.6) is 0 Å². The van der Waals surface area contributed by atoms with Gasteiger partial charge in [-0.3, -0.25) is 9.59 Å². The summed E-state index contributed by atoms with van der Waals surface area (Å²) in [5, 5.41) is 6.47. The van der Waals surface area contributed by atoms with Gasteiger partial charge in [-0.05, 0) is 39.3 Å². The van der Waals surface area contributed by atoms with E-state index in [9.17, 15) is 22.8 Å². The Labute approximate surface area is 161 Å². The number of aromatic nitrogens is 2. The number of benzene rings is 1. The molecule has 1 aromatic heterocycles. The number of carbonyl (C=O) groups excluding carboxylic acids is 2. The molecule has 0 aliphatic carbocycles.